The Morgan fingerprint density at radius 1 is 1.05 bits per heavy atom. The molecule has 2 heteroatoms. The average Bonchev–Trinajstić information content (AvgIpc) is 2.48. The molecule has 1 unspecified atom stereocenters. The van der Waals surface area contributed by atoms with E-state index in [1.54, 1.807) is 0 Å². The van der Waals surface area contributed by atoms with Crippen LogP contribution in [0.25, 0.3) is 0 Å². The lowest BCUT2D eigenvalue weighted by Gasteiger charge is -2.56. The van der Waals surface area contributed by atoms with E-state index in [0.717, 1.165) is 25.7 Å². The van der Waals surface area contributed by atoms with Crippen molar-refractivity contribution in [2.24, 2.45) is 11.1 Å². The summed E-state index contributed by atoms with van der Waals surface area (Å²) in [6.45, 7) is 2.89. The van der Waals surface area contributed by atoms with E-state index in [9.17, 15) is 0 Å². The van der Waals surface area contributed by atoms with Gasteiger partial charge in [0.05, 0.1) is 0 Å². The predicted molar refractivity (Wildman–Crippen MR) is 84.4 cm³/mol. The second kappa shape index (κ2) is 6.28. The molecule has 1 aromatic carbocycles. The van der Waals surface area contributed by atoms with E-state index in [1.165, 1.54) is 50.5 Å². The minimum atomic E-state index is 0.641. The van der Waals surface area contributed by atoms with E-state index in [2.05, 4.69) is 35.2 Å². The fourth-order valence-electron chi connectivity index (χ4n) is 4.42. The first-order valence-corrected chi connectivity index (χ1v) is 8.32. The van der Waals surface area contributed by atoms with Gasteiger partial charge in [0.25, 0.3) is 0 Å². The number of nitrogens with zero attached hydrogens (tertiary/aromatic N) is 1. The van der Waals surface area contributed by atoms with Crippen molar-refractivity contribution in [3.05, 3.63) is 35.9 Å². The second-order valence-corrected chi connectivity index (χ2v) is 6.72. The summed E-state index contributed by atoms with van der Waals surface area (Å²) >= 11 is 0. The van der Waals surface area contributed by atoms with Gasteiger partial charge in [-0.05, 0) is 36.7 Å². The van der Waals surface area contributed by atoms with Gasteiger partial charge >= 0.3 is 0 Å². The van der Waals surface area contributed by atoms with Gasteiger partial charge < -0.3 is 5.73 Å². The van der Waals surface area contributed by atoms with Crippen LogP contribution < -0.4 is 5.73 Å². The Labute approximate surface area is 123 Å². The van der Waals surface area contributed by atoms with Gasteiger partial charge in [-0.25, -0.2) is 0 Å². The Morgan fingerprint density at radius 2 is 1.80 bits per heavy atom. The SMILES string of the molecule is NCCN(Cc1ccccc1)C1CCC12CCCCC2. The summed E-state index contributed by atoms with van der Waals surface area (Å²) in [6.07, 6.45) is 10.1. The summed E-state index contributed by atoms with van der Waals surface area (Å²) < 4.78 is 0. The van der Waals surface area contributed by atoms with Crippen molar-refractivity contribution < 1.29 is 0 Å². The van der Waals surface area contributed by atoms with Crippen LogP contribution in [0.15, 0.2) is 30.3 Å². The zero-order chi connectivity index (χ0) is 13.8. The van der Waals surface area contributed by atoms with Gasteiger partial charge in [0.2, 0.25) is 0 Å². The van der Waals surface area contributed by atoms with Crippen LogP contribution >= 0.6 is 0 Å². The molecule has 1 aromatic rings. The molecule has 20 heavy (non-hydrogen) atoms. The van der Waals surface area contributed by atoms with Gasteiger partial charge in [-0.15, -0.1) is 0 Å². The van der Waals surface area contributed by atoms with E-state index in [0.29, 0.717) is 5.41 Å². The molecule has 2 aliphatic carbocycles. The zero-order valence-electron chi connectivity index (χ0n) is 12.6. The van der Waals surface area contributed by atoms with Gasteiger partial charge in [0.15, 0.2) is 0 Å². The van der Waals surface area contributed by atoms with Crippen molar-refractivity contribution in [3.8, 4) is 0 Å². The number of hydrogen-bond donors (Lipinski definition) is 1. The van der Waals surface area contributed by atoms with Gasteiger partial charge in [0.1, 0.15) is 0 Å². The first-order chi connectivity index (χ1) is 9.84. The van der Waals surface area contributed by atoms with Crippen LogP contribution in [0.2, 0.25) is 0 Å². The van der Waals surface area contributed by atoms with Crippen molar-refractivity contribution in [1.82, 2.24) is 4.90 Å². The lowest BCUT2D eigenvalue weighted by Crippen LogP contribution is -2.56. The average molecular weight is 272 g/mol. The molecule has 0 saturated heterocycles. The van der Waals surface area contributed by atoms with Gasteiger partial charge in [-0.2, -0.15) is 0 Å². The Bertz CT molecular complexity index is 409. The molecule has 2 fully saturated rings. The summed E-state index contributed by atoms with van der Waals surface area (Å²) in [4.78, 5) is 2.67. The first-order valence-electron chi connectivity index (χ1n) is 8.32. The summed E-state index contributed by atoms with van der Waals surface area (Å²) in [6, 6.07) is 11.7. The Morgan fingerprint density at radius 3 is 2.40 bits per heavy atom. The molecule has 0 heterocycles. The van der Waals surface area contributed by atoms with E-state index < -0.39 is 0 Å². The van der Waals surface area contributed by atoms with E-state index in [4.69, 9.17) is 5.73 Å². The minimum absolute atomic E-state index is 0.641. The molecule has 0 aliphatic heterocycles. The fourth-order valence-corrected chi connectivity index (χ4v) is 4.42. The van der Waals surface area contributed by atoms with Crippen LogP contribution in [0.3, 0.4) is 0 Å². The maximum Gasteiger partial charge on any atom is 0.0237 e. The first kappa shape index (κ1) is 14.1. The largest absolute Gasteiger partial charge is 0.329 e. The Kier molecular flexibility index (Phi) is 4.42. The van der Waals surface area contributed by atoms with Crippen LogP contribution in [-0.2, 0) is 6.54 Å². The fraction of sp³-hybridized carbons (Fsp3) is 0.667. The van der Waals surface area contributed by atoms with Crippen molar-refractivity contribution in [1.29, 1.82) is 0 Å². The van der Waals surface area contributed by atoms with Crippen LogP contribution in [-0.4, -0.2) is 24.0 Å². The molecule has 0 aromatic heterocycles. The number of hydrogen-bond acceptors (Lipinski definition) is 2. The molecule has 2 nitrogen and oxygen atoms in total. The third kappa shape index (κ3) is 2.77. The van der Waals surface area contributed by atoms with Crippen LogP contribution in [0, 0.1) is 5.41 Å². The molecule has 2 aliphatic rings. The summed E-state index contributed by atoms with van der Waals surface area (Å²) in [7, 11) is 0. The number of benzene rings is 1. The highest BCUT2D eigenvalue weighted by Crippen LogP contribution is 2.53. The normalized spacial score (nSPS) is 24.8. The third-order valence-electron chi connectivity index (χ3n) is 5.56. The Balaban J connectivity index is 1.70. The van der Waals surface area contributed by atoms with Crippen LogP contribution in [0.4, 0.5) is 0 Å². The molecule has 0 radical (unpaired) electrons. The molecule has 2 saturated carbocycles. The molecule has 1 atom stereocenters. The highest BCUT2D eigenvalue weighted by molar-refractivity contribution is 5.15. The minimum Gasteiger partial charge on any atom is -0.329 e. The van der Waals surface area contributed by atoms with Crippen LogP contribution in [0.1, 0.15) is 50.5 Å². The van der Waals surface area contributed by atoms with E-state index in [1.807, 2.05) is 0 Å². The molecule has 110 valence electrons. The highest BCUT2D eigenvalue weighted by Gasteiger charge is 2.48. The Hall–Kier alpha value is -0.860. The third-order valence-corrected chi connectivity index (χ3v) is 5.56. The zero-order valence-corrected chi connectivity index (χ0v) is 12.6. The molecular formula is C18H28N2. The molecule has 2 N–H and O–H groups in total. The van der Waals surface area contributed by atoms with Gasteiger partial charge in [0, 0.05) is 25.7 Å². The maximum atomic E-state index is 5.88. The lowest BCUT2D eigenvalue weighted by molar-refractivity contribution is -0.0555. The standard InChI is InChI=1S/C18H28N2/c19-13-14-20(15-16-7-3-1-4-8-16)17-9-12-18(17)10-5-2-6-11-18/h1,3-4,7-8,17H,2,5-6,9-15,19H2. The highest BCUT2D eigenvalue weighted by atomic mass is 15.2. The summed E-state index contributed by atoms with van der Waals surface area (Å²) in [5.74, 6) is 0. The molecular weight excluding hydrogens is 244 g/mol. The van der Waals surface area contributed by atoms with Gasteiger partial charge in [-0.1, -0.05) is 49.6 Å². The van der Waals surface area contributed by atoms with Crippen molar-refractivity contribution >= 4 is 0 Å². The van der Waals surface area contributed by atoms with Gasteiger partial charge in [-0.3, -0.25) is 4.90 Å². The second-order valence-electron chi connectivity index (χ2n) is 6.72. The van der Waals surface area contributed by atoms with Crippen molar-refractivity contribution in [3.63, 3.8) is 0 Å². The number of nitrogens with two attached hydrogens (primary N) is 1. The molecule has 0 bridgehead atoms. The maximum absolute atomic E-state index is 5.88. The predicted octanol–water partition coefficient (Wildman–Crippen LogP) is 3.56. The monoisotopic (exact) mass is 272 g/mol. The topological polar surface area (TPSA) is 29.3 Å². The quantitative estimate of drug-likeness (QED) is 0.888. The summed E-state index contributed by atoms with van der Waals surface area (Å²) in [5.41, 5.74) is 7.95. The summed E-state index contributed by atoms with van der Waals surface area (Å²) in [5, 5.41) is 0. The lowest BCUT2D eigenvalue weighted by atomic mass is 9.57. The molecule has 1 spiro atoms. The van der Waals surface area contributed by atoms with Crippen molar-refractivity contribution in [2.45, 2.75) is 57.5 Å². The van der Waals surface area contributed by atoms with Crippen molar-refractivity contribution in [2.75, 3.05) is 13.1 Å². The van der Waals surface area contributed by atoms with Crippen LogP contribution in [0.5, 0.6) is 0 Å². The smallest absolute Gasteiger partial charge is 0.0237 e. The molecule has 3 rings (SSSR count). The van der Waals surface area contributed by atoms with E-state index >= 15 is 0 Å². The number of rotatable bonds is 5. The molecule has 0 amide bonds. The van der Waals surface area contributed by atoms with E-state index in [-0.39, 0.29) is 0 Å².